The first-order valence-corrected chi connectivity index (χ1v) is 12.1. The molecule has 5 rings (SSSR count). The van der Waals surface area contributed by atoms with E-state index >= 15 is 0 Å². The molecule has 12 heteroatoms. The second-order valence-corrected chi connectivity index (χ2v) is 9.62. The van der Waals surface area contributed by atoms with Gasteiger partial charge in [0, 0.05) is 37.7 Å². The lowest BCUT2D eigenvalue weighted by Gasteiger charge is -2.44. The summed E-state index contributed by atoms with van der Waals surface area (Å²) in [6.07, 6.45) is -1.99. The van der Waals surface area contributed by atoms with Crippen molar-refractivity contribution in [2.45, 2.75) is 44.9 Å². The number of amides is 1. The van der Waals surface area contributed by atoms with Crippen molar-refractivity contribution >= 4 is 17.7 Å². The van der Waals surface area contributed by atoms with E-state index in [1.807, 2.05) is 32.0 Å². The fourth-order valence-corrected chi connectivity index (χ4v) is 4.61. The third-order valence-corrected chi connectivity index (χ3v) is 6.95. The van der Waals surface area contributed by atoms with E-state index in [9.17, 15) is 27.9 Å². The molecule has 0 saturated carbocycles. The highest BCUT2D eigenvalue weighted by Gasteiger charge is 2.44. The third-order valence-electron chi connectivity index (χ3n) is 6.95. The first-order chi connectivity index (χ1) is 18.3. The molecule has 9 nitrogen and oxygen atoms in total. The van der Waals surface area contributed by atoms with Gasteiger partial charge >= 0.3 is 12.1 Å². The highest BCUT2D eigenvalue weighted by Crippen LogP contribution is 2.41. The molecular formula is C27H26F3N3O6. The lowest BCUT2D eigenvalue weighted by molar-refractivity contribution is -0.192. The smallest absolute Gasteiger partial charge is 0.490 e. The van der Waals surface area contributed by atoms with Crippen LogP contribution in [0.5, 0.6) is 11.5 Å². The van der Waals surface area contributed by atoms with E-state index in [4.69, 9.17) is 14.6 Å². The second kappa shape index (κ2) is 10.4. The molecule has 39 heavy (non-hydrogen) atoms. The number of hydrogen-bond acceptors (Lipinski definition) is 6. The van der Waals surface area contributed by atoms with Gasteiger partial charge in [0.05, 0.1) is 23.2 Å². The summed E-state index contributed by atoms with van der Waals surface area (Å²) < 4.78 is 38.1. The molecule has 2 aliphatic heterocycles. The van der Waals surface area contributed by atoms with Crippen molar-refractivity contribution in [1.82, 2.24) is 15.1 Å². The van der Waals surface area contributed by atoms with Gasteiger partial charge in [0.25, 0.3) is 5.91 Å². The Labute approximate surface area is 221 Å². The molecule has 2 aliphatic rings. The zero-order chi connectivity index (χ0) is 28.5. The number of phenolic OH excluding ortho intramolecular Hbond substituents is 1. The Bertz CT molecular complexity index is 1410. The van der Waals surface area contributed by atoms with Gasteiger partial charge in [-0.15, -0.1) is 0 Å². The molecule has 206 valence electrons. The number of ether oxygens (including phenoxy) is 1. The van der Waals surface area contributed by atoms with Gasteiger partial charge < -0.3 is 19.8 Å². The fraction of sp³-hybridized carbons (Fsp3) is 0.333. The highest BCUT2D eigenvalue weighted by atomic mass is 19.4. The molecule has 1 fully saturated rings. The number of ketones is 1. The molecule has 3 N–H and O–H groups in total. The summed E-state index contributed by atoms with van der Waals surface area (Å²) in [5, 5.41) is 24.3. The molecule has 2 aromatic carbocycles. The summed E-state index contributed by atoms with van der Waals surface area (Å²) in [4.78, 5) is 36.7. The van der Waals surface area contributed by atoms with Gasteiger partial charge in [-0.3, -0.25) is 14.7 Å². The van der Waals surface area contributed by atoms with Crippen molar-refractivity contribution in [2.75, 3.05) is 13.1 Å². The number of aromatic amines is 1. The summed E-state index contributed by atoms with van der Waals surface area (Å²) in [6, 6.07) is 10.6. The zero-order valence-corrected chi connectivity index (χ0v) is 21.1. The molecule has 3 aromatic rings. The fourth-order valence-electron chi connectivity index (χ4n) is 4.61. The van der Waals surface area contributed by atoms with E-state index < -0.39 is 17.7 Å². The number of nitrogens with one attached hydrogen (secondary N) is 1. The number of piperidine rings is 1. The van der Waals surface area contributed by atoms with Gasteiger partial charge in [0.2, 0.25) is 0 Å². The Morgan fingerprint density at radius 1 is 1.08 bits per heavy atom. The van der Waals surface area contributed by atoms with Crippen LogP contribution in [0.25, 0.3) is 11.3 Å². The van der Waals surface area contributed by atoms with Crippen molar-refractivity contribution in [3.63, 3.8) is 0 Å². The highest BCUT2D eigenvalue weighted by molar-refractivity contribution is 6.01. The predicted molar refractivity (Wildman–Crippen MR) is 133 cm³/mol. The van der Waals surface area contributed by atoms with Gasteiger partial charge in [-0.25, -0.2) is 4.79 Å². The number of Topliss-reactive ketones (excluding diaryl/α,β-unsaturated/α-hetero) is 1. The number of carbonyl (C=O) groups is 3. The topological polar surface area (TPSA) is 133 Å². The maximum Gasteiger partial charge on any atom is 0.490 e. The summed E-state index contributed by atoms with van der Waals surface area (Å²) in [5.74, 6) is -2.30. The predicted octanol–water partition coefficient (Wildman–Crippen LogP) is 4.67. The molecule has 1 saturated heterocycles. The SMILES string of the molecule is Cc1cc2c(cc1C)C(=O)CC1(CCN(C(=O)c3cc(-c4ccn[nH]4)ccc3O)CC1)O2.O=C(O)C(F)(F)F. The van der Waals surface area contributed by atoms with E-state index in [1.54, 1.807) is 23.2 Å². The Hall–Kier alpha value is -4.35. The Morgan fingerprint density at radius 3 is 2.31 bits per heavy atom. The Kier molecular flexibility index (Phi) is 7.40. The number of nitrogens with zero attached hydrogens (tertiary/aromatic N) is 2. The van der Waals surface area contributed by atoms with Crippen LogP contribution in [0.15, 0.2) is 42.6 Å². The standard InChI is InChI=1S/C25H25N3O4.C2HF3O2/c1-15-11-18-22(30)14-25(32-23(18)12-16(15)2)6-9-28(10-7-25)24(31)19-13-17(3-4-21(19)29)20-5-8-26-27-20;3-2(4,5)1(6)7/h3-5,8,11-13,29H,6-7,9-10,14H2,1-2H3,(H,26,27);(H,6,7). The Morgan fingerprint density at radius 2 is 1.72 bits per heavy atom. The first kappa shape index (κ1) is 27.7. The van der Waals surface area contributed by atoms with Gasteiger partial charge in [-0.1, -0.05) is 0 Å². The molecule has 1 spiro atoms. The van der Waals surface area contributed by atoms with Crippen LogP contribution in [0.2, 0.25) is 0 Å². The van der Waals surface area contributed by atoms with Gasteiger partial charge in [0.15, 0.2) is 5.78 Å². The van der Waals surface area contributed by atoms with E-state index in [-0.39, 0.29) is 23.0 Å². The van der Waals surface area contributed by atoms with E-state index in [2.05, 4.69) is 10.2 Å². The number of hydrogen-bond donors (Lipinski definition) is 3. The van der Waals surface area contributed by atoms with Crippen molar-refractivity contribution in [3.05, 3.63) is 64.8 Å². The summed E-state index contributed by atoms with van der Waals surface area (Å²) >= 11 is 0. The molecule has 0 bridgehead atoms. The van der Waals surface area contributed by atoms with Gasteiger partial charge in [-0.2, -0.15) is 18.3 Å². The minimum Gasteiger partial charge on any atom is -0.507 e. The minimum absolute atomic E-state index is 0.0533. The number of carboxylic acid groups (broad SMARTS) is 1. The molecule has 0 radical (unpaired) electrons. The lowest BCUT2D eigenvalue weighted by atomic mass is 9.81. The normalized spacial score (nSPS) is 16.1. The number of carboxylic acids is 1. The van der Waals surface area contributed by atoms with Crippen LogP contribution in [0.4, 0.5) is 13.2 Å². The lowest BCUT2D eigenvalue weighted by Crippen LogP contribution is -2.52. The number of H-pyrrole nitrogens is 1. The first-order valence-electron chi connectivity index (χ1n) is 12.1. The molecular weight excluding hydrogens is 519 g/mol. The third kappa shape index (κ3) is 5.89. The molecule has 1 aromatic heterocycles. The molecule has 0 atom stereocenters. The monoisotopic (exact) mass is 545 g/mol. The molecule has 3 heterocycles. The van der Waals surface area contributed by atoms with Gasteiger partial charge in [-0.05, 0) is 61.4 Å². The van der Waals surface area contributed by atoms with Crippen molar-refractivity contribution < 1.29 is 42.5 Å². The molecule has 0 unspecified atom stereocenters. The van der Waals surface area contributed by atoms with Crippen molar-refractivity contribution in [3.8, 4) is 22.8 Å². The number of aliphatic carboxylic acids is 1. The summed E-state index contributed by atoms with van der Waals surface area (Å²) in [7, 11) is 0. The van der Waals surface area contributed by atoms with Crippen LogP contribution in [0.1, 0.15) is 51.1 Å². The zero-order valence-electron chi connectivity index (χ0n) is 21.1. The van der Waals surface area contributed by atoms with E-state index in [0.29, 0.717) is 43.7 Å². The maximum absolute atomic E-state index is 13.2. The number of benzene rings is 2. The Balaban J connectivity index is 0.000000448. The number of rotatable bonds is 2. The van der Waals surface area contributed by atoms with Crippen LogP contribution in [-0.4, -0.2) is 67.8 Å². The average molecular weight is 546 g/mol. The number of carbonyl (C=O) groups excluding carboxylic acids is 2. The number of aromatic hydroxyl groups is 1. The molecule has 1 amide bonds. The number of alkyl halides is 3. The average Bonchev–Trinajstić information content (AvgIpc) is 3.41. The number of fused-ring (bicyclic) bond motifs is 1. The largest absolute Gasteiger partial charge is 0.507 e. The van der Waals surface area contributed by atoms with Crippen molar-refractivity contribution in [2.24, 2.45) is 0 Å². The van der Waals surface area contributed by atoms with Crippen LogP contribution >= 0.6 is 0 Å². The number of phenols is 1. The number of halogens is 3. The number of aryl methyl sites for hydroxylation is 2. The molecule has 0 aliphatic carbocycles. The van der Waals surface area contributed by atoms with Crippen LogP contribution < -0.4 is 4.74 Å². The van der Waals surface area contributed by atoms with Crippen molar-refractivity contribution in [1.29, 1.82) is 0 Å². The summed E-state index contributed by atoms with van der Waals surface area (Å²) in [6.45, 7) is 4.92. The second-order valence-electron chi connectivity index (χ2n) is 9.62. The van der Waals surface area contributed by atoms with Crippen LogP contribution in [0, 0.1) is 13.8 Å². The number of likely N-dealkylation sites (tertiary alicyclic amines) is 1. The van der Waals surface area contributed by atoms with Crippen LogP contribution in [-0.2, 0) is 4.79 Å². The summed E-state index contributed by atoms with van der Waals surface area (Å²) in [5.41, 5.74) is 4.05. The van der Waals surface area contributed by atoms with E-state index in [0.717, 1.165) is 22.4 Å². The van der Waals surface area contributed by atoms with E-state index in [1.165, 1.54) is 6.07 Å². The maximum atomic E-state index is 13.2. The minimum atomic E-state index is -5.08. The quantitative estimate of drug-likeness (QED) is 0.426. The van der Waals surface area contributed by atoms with Gasteiger partial charge in [0.1, 0.15) is 17.1 Å². The number of aromatic nitrogens is 2. The van der Waals surface area contributed by atoms with Crippen LogP contribution in [0.3, 0.4) is 0 Å².